The fourth-order valence-electron chi connectivity index (χ4n) is 2.12. The summed E-state index contributed by atoms with van der Waals surface area (Å²) in [6.45, 7) is 0.314. The molecule has 0 aliphatic rings. The van der Waals surface area contributed by atoms with Gasteiger partial charge in [0.05, 0.1) is 29.4 Å². The molecule has 0 fully saturated rings. The lowest BCUT2D eigenvalue weighted by Crippen LogP contribution is -2.22. The molecule has 0 saturated carbocycles. The van der Waals surface area contributed by atoms with E-state index < -0.39 is 0 Å². The molecule has 22 heavy (non-hydrogen) atoms. The standard InChI is InChI=1S/C16H14N2O3S/c1-21-12-7-4-5-10(15(12)19)16(20)17-9-14-18-11-6-2-3-8-13(11)22-14/h2-8,19H,9H2,1H3,(H,17,20). The zero-order valence-electron chi connectivity index (χ0n) is 11.9. The first kappa shape index (κ1) is 14.3. The molecule has 1 heterocycles. The third-order valence-electron chi connectivity index (χ3n) is 3.20. The van der Waals surface area contributed by atoms with Gasteiger partial charge in [0.15, 0.2) is 11.5 Å². The van der Waals surface area contributed by atoms with E-state index in [9.17, 15) is 9.90 Å². The Morgan fingerprint density at radius 3 is 2.86 bits per heavy atom. The number of nitrogens with one attached hydrogen (secondary N) is 1. The first-order valence-electron chi connectivity index (χ1n) is 6.67. The largest absolute Gasteiger partial charge is 0.504 e. The van der Waals surface area contributed by atoms with E-state index >= 15 is 0 Å². The van der Waals surface area contributed by atoms with Gasteiger partial charge < -0.3 is 15.2 Å². The number of para-hydroxylation sites is 2. The topological polar surface area (TPSA) is 71.5 Å². The maximum absolute atomic E-state index is 12.2. The number of aromatic hydroxyl groups is 1. The van der Waals surface area contributed by atoms with Gasteiger partial charge in [-0.15, -0.1) is 11.3 Å². The smallest absolute Gasteiger partial charge is 0.255 e. The Morgan fingerprint density at radius 2 is 2.09 bits per heavy atom. The molecule has 0 radical (unpaired) electrons. The van der Waals surface area contributed by atoms with Crippen molar-refractivity contribution >= 4 is 27.5 Å². The predicted octanol–water partition coefficient (Wildman–Crippen LogP) is 2.94. The number of rotatable bonds is 4. The van der Waals surface area contributed by atoms with Crippen LogP contribution in [0.4, 0.5) is 0 Å². The highest BCUT2D eigenvalue weighted by Gasteiger charge is 2.15. The van der Waals surface area contributed by atoms with Crippen LogP contribution in [0.2, 0.25) is 0 Å². The summed E-state index contributed by atoms with van der Waals surface area (Å²) in [6.07, 6.45) is 0. The van der Waals surface area contributed by atoms with Gasteiger partial charge in [-0.05, 0) is 24.3 Å². The van der Waals surface area contributed by atoms with Crippen LogP contribution < -0.4 is 10.1 Å². The highest BCUT2D eigenvalue weighted by molar-refractivity contribution is 7.18. The van der Waals surface area contributed by atoms with Crippen LogP contribution in [0.3, 0.4) is 0 Å². The number of nitrogens with zero attached hydrogens (tertiary/aromatic N) is 1. The number of ether oxygens (including phenoxy) is 1. The molecule has 0 saturated heterocycles. The van der Waals surface area contributed by atoms with Gasteiger partial charge in [0.1, 0.15) is 5.01 Å². The van der Waals surface area contributed by atoms with Crippen molar-refractivity contribution in [2.45, 2.75) is 6.54 Å². The molecule has 2 N–H and O–H groups in total. The van der Waals surface area contributed by atoms with Gasteiger partial charge >= 0.3 is 0 Å². The fourth-order valence-corrected chi connectivity index (χ4v) is 3.02. The number of phenolic OH excluding ortho intramolecular Hbond substituents is 1. The van der Waals surface area contributed by atoms with E-state index in [2.05, 4.69) is 10.3 Å². The summed E-state index contributed by atoms with van der Waals surface area (Å²) in [5.41, 5.74) is 1.10. The average molecular weight is 314 g/mol. The fraction of sp³-hybridized carbons (Fsp3) is 0.125. The second-order valence-electron chi connectivity index (χ2n) is 4.61. The molecule has 112 valence electrons. The van der Waals surface area contributed by atoms with Crippen molar-refractivity contribution in [3.63, 3.8) is 0 Å². The number of fused-ring (bicyclic) bond motifs is 1. The number of amides is 1. The Hall–Kier alpha value is -2.60. The third kappa shape index (κ3) is 2.73. The van der Waals surface area contributed by atoms with E-state index in [-0.39, 0.29) is 23.0 Å². The molecule has 0 spiro atoms. The molecule has 0 unspecified atom stereocenters. The Labute approximate surface area is 131 Å². The number of hydrogen-bond donors (Lipinski definition) is 2. The zero-order chi connectivity index (χ0) is 15.5. The van der Waals surface area contributed by atoms with Crippen molar-refractivity contribution in [3.05, 3.63) is 53.0 Å². The SMILES string of the molecule is COc1cccc(C(=O)NCc2nc3ccccc3s2)c1O. The molecule has 2 aromatic carbocycles. The number of methoxy groups -OCH3 is 1. The normalized spacial score (nSPS) is 10.6. The Bertz CT molecular complexity index is 796. The molecule has 3 rings (SSSR count). The Morgan fingerprint density at radius 1 is 1.27 bits per heavy atom. The molecular formula is C16H14N2O3S. The van der Waals surface area contributed by atoms with E-state index in [1.54, 1.807) is 18.2 Å². The van der Waals surface area contributed by atoms with Crippen molar-refractivity contribution in [2.24, 2.45) is 0 Å². The van der Waals surface area contributed by atoms with Crippen LogP contribution in [0.5, 0.6) is 11.5 Å². The van der Waals surface area contributed by atoms with Crippen molar-refractivity contribution in [2.75, 3.05) is 7.11 Å². The Kier molecular flexibility index (Phi) is 3.93. The second kappa shape index (κ2) is 6.03. The summed E-state index contributed by atoms with van der Waals surface area (Å²) < 4.78 is 6.08. The lowest BCUT2D eigenvalue weighted by molar-refractivity contribution is 0.0947. The average Bonchev–Trinajstić information content (AvgIpc) is 2.95. The lowest BCUT2D eigenvalue weighted by Gasteiger charge is -2.08. The van der Waals surface area contributed by atoms with E-state index in [1.165, 1.54) is 18.4 Å². The quantitative estimate of drug-likeness (QED) is 0.776. The van der Waals surface area contributed by atoms with Gasteiger partial charge in [0, 0.05) is 0 Å². The van der Waals surface area contributed by atoms with Crippen LogP contribution in [-0.2, 0) is 6.54 Å². The molecule has 0 aliphatic carbocycles. The molecule has 0 aliphatic heterocycles. The van der Waals surface area contributed by atoms with Crippen LogP contribution in [0.25, 0.3) is 10.2 Å². The van der Waals surface area contributed by atoms with E-state index in [4.69, 9.17) is 4.74 Å². The van der Waals surface area contributed by atoms with E-state index in [1.807, 2.05) is 24.3 Å². The number of phenols is 1. The molecule has 3 aromatic rings. The minimum atomic E-state index is -0.365. The maximum atomic E-state index is 12.2. The van der Waals surface area contributed by atoms with E-state index in [0.717, 1.165) is 15.2 Å². The summed E-state index contributed by atoms with van der Waals surface area (Å²) in [4.78, 5) is 16.6. The number of benzene rings is 2. The predicted molar refractivity (Wildman–Crippen MR) is 85.4 cm³/mol. The van der Waals surface area contributed by atoms with Gasteiger partial charge in [-0.25, -0.2) is 4.98 Å². The van der Waals surface area contributed by atoms with Crippen LogP contribution in [-0.4, -0.2) is 23.1 Å². The monoisotopic (exact) mass is 314 g/mol. The molecule has 6 heteroatoms. The van der Waals surface area contributed by atoms with Crippen LogP contribution in [0.1, 0.15) is 15.4 Å². The summed E-state index contributed by atoms with van der Waals surface area (Å²) in [5.74, 6) is -0.255. The highest BCUT2D eigenvalue weighted by Crippen LogP contribution is 2.29. The number of carbonyl (C=O) groups is 1. The van der Waals surface area contributed by atoms with Crippen molar-refractivity contribution in [3.8, 4) is 11.5 Å². The van der Waals surface area contributed by atoms with Gasteiger partial charge in [0.2, 0.25) is 0 Å². The maximum Gasteiger partial charge on any atom is 0.255 e. The summed E-state index contributed by atoms with van der Waals surface area (Å²) in [7, 11) is 1.44. The van der Waals surface area contributed by atoms with Gasteiger partial charge in [-0.3, -0.25) is 4.79 Å². The minimum absolute atomic E-state index is 0.160. The molecule has 5 nitrogen and oxygen atoms in total. The summed E-state index contributed by atoms with van der Waals surface area (Å²) in [5, 5.41) is 13.6. The molecule has 0 bridgehead atoms. The number of carbonyl (C=O) groups excluding carboxylic acids is 1. The van der Waals surface area contributed by atoms with Gasteiger partial charge in [0.25, 0.3) is 5.91 Å². The number of hydrogen-bond acceptors (Lipinski definition) is 5. The zero-order valence-corrected chi connectivity index (χ0v) is 12.7. The molecule has 1 aromatic heterocycles. The van der Waals surface area contributed by atoms with Crippen LogP contribution >= 0.6 is 11.3 Å². The van der Waals surface area contributed by atoms with Crippen molar-refractivity contribution in [1.82, 2.24) is 10.3 Å². The molecule has 0 atom stereocenters. The first-order chi connectivity index (χ1) is 10.7. The van der Waals surface area contributed by atoms with Crippen LogP contribution in [0.15, 0.2) is 42.5 Å². The molecular weight excluding hydrogens is 300 g/mol. The Balaban J connectivity index is 1.74. The number of thiazole rings is 1. The van der Waals surface area contributed by atoms with Crippen molar-refractivity contribution in [1.29, 1.82) is 0 Å². The lowest BCUT2D eigenvalue weighted by atomic mass is 10.1. The highest BCUT2D eigenvalue weighted by atomic mass is 32.1. The second-order valence-corrected chi connectivity index (χ2v) is 5.73. The number of aromatic nitrogens is 1. The van der Waals surface area contributed by atoms with Gasteiger partial charge in [-0.2, -0.15) is 0 Å². The third-order valence-corrected chi connectivity index (χ3v) is 4.24. The van der Waals surface area contributed by atoms with E-state index in [0.29, 0.717) is 6.54 Å². The first-order valence-corrected chi connectivity index (χ1v) is 7.49. The minimum Gasteiger partial charge on any atom is -0.504 e. The van der Waals surface area contributed by atoms with Gasteiger partial charge in [-0.1, -0.05) is 18.2 Å². The van der Waals surface area contributed by atoms with Crippen LogP contribution in [0, 0.1) is 0 Å². The summed E-state index contributed by atoms with van der Waals surface area (Å²) >= 11 is 1.53. The summed E-state index contributed by atoms with van der Waals surface area (Å²) in [6, 6.07) is 12.6. The molecule has 1 amide bonds. The van der Waals surface area contributed by atoms with Crippen molar-refractivity contribution < 1.29 is 14.6 Å².